The minimum absolute atomic E-state index is 0.0352. The molecule has 0 saturated carbocycles. The summed E-state index contributed by atoms with van der Waals surface area (Å²) in [5, 5.41) is 18.8. The van der Waals surface area contributed by atoms with Crippen molar-refractivity contribution in [2.75, 3.05) is 13.1 Å². The SMILES string of the molecule is CCN(CC(C)(C)O)S(=O)(=O)c1ccc(Cl)c(C(=O)O)c1. The Morgan fingerprint density at radius 3 is 2.38 bits per heavy atom. The number of aliphatic hydroxyl groups is 1. The number of hydrogen-bond acceptors (Lipinski definition) is 4. The number of aromatic carboxylic acids is 1. The number of benzene rings is 1. The fraction of sp³-hybridized carbons (Fsp3) is 0.462. The first kappa shape index (κ1) is 17.9. The summed E-state index contributed by atoms with van der Waals surface area (Å²) >= 11 is 5.73. The number of nitrogens with zero attached hydrogens (tertiary/aromatic N) is 1. The molecule has 1 aromatic rings. The van der Waals surface area contributed by atoms with Crippen molar-refractivity contribution in [3.05, 3.63) is 28.8 Å². The number of carboxylic acids is 1. The molecule has 0 atom stereocenters. The Bertz CT molecular complexity index is 636. The molecule has 0 fully saturated rings. The van der Waals surface area contributed by atoms with Crippen LogP contribution < -0.4 is 0 Å². The normalized spacial score (nSPS) is 12.7. The second-order valence-electron chi connectivity index (χ2n) is 5.19. The number of carbonyl (C=O) groups is 1. The lowest BCUT2D eigenvalue weighted by molar-refractivity contribution is 0.0600. The lowest BCUT2D eigenvalue weighted by atomic mass is 10.1. The van der Waals surface area contributed by atoms with Crippen LogP contribution in [0.2, 0.25) is 5.02 Å². The summed E-state index contributed by atoms with van der Waals surface area (Å²) in [5.41, 5.74) is -1.48. The minimum atomic E-state index is -3.91. The summed E-state index contributed by atoms with van der Waals surface area (Å²) in [6.07, 6.45) is 0. The predicted molar refractivity (Wildman–Crippen MR) is 79.1 cm³/mol. The molecule has 0 aromatic heterocycles. The number of halogens is 1. The van der Waals surface area contributed by atoms with Crippen molar-refractivity contribution < 1.29 is 23.4 Å². The van der Waals surface area contributed by atoms with E-state index in [1.807, 2.05) is 0 Å². The molecular weight excluding hydrogens is 318 g/mol. The maximum atomic E-state index is 12.5. The molecule has 0 aliphatic rings. The van der Waals surface area contributed by atoms with Gasteiger partial charge >= 0.3 is 5.97 Å². The van der Waals surface area contributed by atoms with Gasteiger partial charge in [-0.3, -0.25) is 0 Å². The lowest BCUT2D eigenvalue weighted by Crippen LogP contribution is -2.42. The van der Waals surface area contributed by atoms with Crippen molar-refractivity contribution in [2.45, 2.75) is 31.3 Å². The van der Waals surface area contributed by atoms with Gasteiger partial charge in [0.05, 0.1) is 21.1 Å². The van der Waals surface area contributed by atoms with E-state index in [2.05, 4.69) is 0 Å². The molecule has 0 heterocycles. The van der Waals surface area contributed by atoms with Crippen LogP contribution in [-0.4, -0.2) is 47.6 Å². The van der Waals surface area contributed by atoms with Gasteiger partial charge in [-0.05, 0) is 32.0 Å². The Labute approximate surface area is 129 Å². The standard InChI is InChI=1S/C13H18ClNO5S/c1-4-15(8-13(2,3)18)21(19,20)9-5-6-11(14)10(7-9)12(16)17/h5-7,18H,4,8H2,1-3H3,(H,16,17). The number of sulfonamides is 1. The largest absolute Gasteiger partial charge is 0.478 e. The van der Waals surface area contributed by atoms with Crippen LogP contribution in [0.3, 0.4) is 0 Å². The van der Waals surface area contributed by atoms with Crippen LogP contribution in [0.4, 0.5) is 0 Å². The van der Waals surface area contributed by atoms with Crippen LogP contribution in [0.5, 0.6) is 0 Å². The summed E-state index contributed by atoms with van der Waals surface area (Å²) in [5.74, 6) is -1.30. The summed E-state index contributed by atoms with van der Waals surface area (Å²) in [6, 6.07) is 3.50. The zero-order valence-corrected chi connectivity index (χ0v) is 13.6. The van der Waals surface area contributed by atoms with Crippen LogP contribution in [-0.2, 0) is 10.0 Å². The van der Waals surface area contributed by atoms with E-state index in [-0.39, 0.29) is 28.6 Å². The highest BCUT2D eigenvalue weighted by atomic mass is 35.5. The topological polar surface area (TPSA) is 94.9 Å². The van der Waals surface area contributed by atoms with Gasteiger partial charge in [0.2, 0.25) is 10.0 Å². The van der Waals surface area contributed by atoms with Crippen LogP contribution in [0.1, 0.15) is 31.1 Å². The monoisotopic (exact) mass is 335 g/mol. The second kappa shape index (κ2) is 6.31. The van der Waals surface area contributed by atoms with E-state index >= 15 is 0 Å². The molecule has 1 rings (SSSR count). The Kier molecular flexibility index (Phi) is 5.38. The maximum absolute atomic E-state index is 12.5. The molecule has 0 spiro atoms. The van der Waals surface area contributed by atoms with Gasteiger partial charge in [0, 0.05) is 13.1 Å². The highest BCUT2D eigenvalue weighted by Crippen LogP contribution is 2.24. The van der Waals surface area contributed by atoms with Gasteiger partial charge in [0.15, 0.2) is 0 Å². The molecule has 0 radical (unpaired) electrons. The number of hydrogen-bond donors (Lipinski definition) is 2. The third-order valence-electron chi connectivity index (χ3n) is 2.72. The molecule has 0 amide bonds. The number of rotatable bonds is 6. The minimum Gasteiger partial charge on any atom is -0.478 e. The van der Waals surface area contributed by atoms with Crippen LogP contribution in [0.25, 0.3) is 0 Å². The summed E-state index contributed by atoms with van der Waals surface area (Å²) in [6.45, 7) is 4.68. The molecule has 2 N–H and O–H groups in total. The molecule has 0 unspecified atom stereocenters. The van der Waals surface area contributed by atoms with Crippen molar-refractivity contribution in [1.82, 2.24) is 4.31 Å². The Morgan fingerprint density at radius 2 is 1.95 bits per heavy atom. The fourth-order valence-electron chi connectivity index (χ4n) is 1.78. The van der Waals surface area contributed by atoms with Gasteiger partial charge in [-0.2, -0.15) is 4.31 Å². The van der Waals surface area contributed by atoms with E-state index in [0.717, 1.165) is 10.4 Å². The fourth-order valence-corrected chi connectivity index (χ4v) is 3.61. The molecule has 21 heavy (non-hydrogen) atoms. The van der Waals surface area contributed by atoms with Gasteiger partial charge in [-0.15, -0.1) is 0 Å². The molecule has 0 saturated heterocycles. The molecule has 118 valence electrons. The van der Waals surface area contributed by atoms with Crippen LogP contribution in [0, 0.1) is 0 Å². The smallest absolute Gasteiger partial charge is 0.337 e. The molecule has 0 aliphatic carbocycles. The number of likely N-dealkylation sites (N-methyl/N-ethyl adjacent to an activating group) is 1. The van der Waals surface area contributed by atoms with E-state index in [0.29, 0.717) is 0 Å². The Morgan fingerprint density at radius 1 is 1.38 bits per heavy atom. The molecule has 8 heteroatoms. The van der Waals surface area contributed by atoms with Crippen molar-refractivity contribution >= 4 is 27.6 Å². The Balaban J connectivity index is 3.29. The van der Waals surface area contributed by atoms with E-state index in [4.69, 9.17) is 16.7 Å². The van der Waals surface area contributed by atoms with Gasteiger partial charge < -0.3 is 10.2 Å². The zero-order chi connectivity index (χ0) is 16.4. The molecule has 6 nitrogen and oxygen atoms in total. The first-order valence-electron chi connectivity index (χ1n) is 6.24. The Hall–Kier alpha value is -1.15. The van der Waals surface area contributed by atoms with Crippen molar-refractivity contribution in [3.63, 3.8) is 0 Å². The van der Waals surface area contributed by atoms with E-state index < -0.39 is 21.6 Å². The van der Waals surface area contributed by atoms with Crippen LogP contribution >= 0.6 is 11.6 Å². The van der Waals surface area contributed by atoms with Gasteiger partial charge in [0.25, 0.3) is 0 Å². The highest BCUT2D eigenvalue weighted by Gasteiger charge is 2.29. The predicted octanol–water partition coefficient (Wildman–Crippen LogP) is 1.82. The van der Waals surface area contributed by atoms with E-state index in [1.165, 1.54) is 26.0 Å². The average molecular weight is 336 g/mol. The average Bonchev–Trinajstić information content (AvgIpc) is 2.34. The second-order valence-corrected chi connectivity index (χ2v) is 7.54. The van der Waals surface area contributed by atoms with Gasteiger partial charge in [0.1, 0.15) is 0 Å². The molecule has 0 bridgehead atoms. The third kappa shape index (κ3) is 4.41. The van der Waals surface area contributed by atoms with Gasteiger partial charge in [-0.25, -0.2) is 13.2 Å². The quantitative estimate of drug-likeness (QED) is 0.826. The van der Waals surface area contributed by atoms with Crippen molar-refractivity contribution in [1.29, 1.82) is 0 Å². The van der Waals surface area contributed by atoms with Crippen LogP contribution in [0.15, 0.2) is 23.1 Å². The summed E-state index contributed by atoms with van der Waals surface area (Å²) in [4.78, 5) is 10.9. The molecular formula is C13H18ClNO5S. The summed E-state index contributed by atoms with van der Waals surface area (Å²) in [7, 11) is -3.91. The van der Waals surface area contributed by atoms with E-state index in [9.17, 15) is 18.3 Å². The first-order valence-corrected chi connectivity index (χ1v) is 8.06. The van der Waals surface area contributed by atoms with Gasteiger partial charge in [-0.1, -0.05) is 18.5 Å². The third-order valence-corrected chi connectivity index (χ3v) is 4.97. The summed E-state index contributed by atoms with van der Waals surface area (Å²) < 4.78 is 26.1. The first-order chi connectivity index (χ1) is 9.49. The van der Waals surface area contributed by atoms with Crippen molar-refractivity contribution in [3.8, 4) is 0 Å². The molecule has 1 aromatic carbocycles. The van der Waals surface area contributed by atoms with Crippen molar-refractivity contribution in [2.24, 2.45) is 0 Å². The highest BCUT2D eigenvalue weighted by molar-refractivity contribution is 7.89. The van der Waals surface area contributed by atoms with E-state index in [1.54, 1.807) is 6.92 Å². The maximum Gasteiger partial charge on any atom is 0.337 e. The number of carboxylic acid groups (broad SMARTS) is 1. The molecule has 0 aliphatic heterocycles. The lowest BCUT2D eigenvalue weighted by Gasteiger charge is -2.27. The zero-order valence-electron chi connectivity index (χ0n) is 12.0.